The Morgan fingerprint density at radius 2 is 1.74 bits per heavy atom. The topological polar surface area (TPSA) is 12.9 Å². The van der Waals surface area contributed by atoms with Crippen molar-refractivity contribution in [3.8, 4) is 0 Å². The highest BCUT2D eigenvalue weighted by Crippen LogP contribution is 2.15. The van der Waals surface area contributed by atoms with Crippen LogP contribution in [-0.4, -0.2) is 4.98 Å². The molecule has 0 bridgehead atoms. The SMILES string of the molecule is Brc1cccc(CCc2ccc3ccccc3n2)c1. The lowest BCUT2D eigenvalue weighted by atomic mass is 10.1. The minimum atomic E-state index is 0.973. The van der Waals surface area contributed by atoms with Gasteiger partial charge in [-0.2, -0.15) is 0 Å². The molecule has 94 valence electrons. The van der Waals surface area contributed by atoms with E-state index in [9.17, 15) is 0 Å². The molecule has 0 spiro atoms. The van der Waals surface area contributed by atoms with Gasteiger partial charge < -0.3 is 0 Å². The Morgan fingerprint density at radius 3 is 2.63 bits per heavy atom. The Bertz CT molecular complexity index is 706. The fourth-order valence-corrected chi connectivity index (χ4v) is 2.66. The van der Waals surface area contributed by atoms with E-state index in [2.05, 4.69) is 64.5 Å². The number of benzene rings is 2. The van der Waals surface area contributed by atoms with Crippen LogP contribution in [0.15, 0.2) is 65.1 Å². The van der Waals surface area contributed by atoms with Crippen molar-refractivity contribution < 1.29 is 0 Å². The number of pyridine rings is 1. The highest BCUT2D eigenvalue weighted by atomic mass is 79.9. The molecule has 0 atom stereocenters. The quantitative estimate of drug-likeness (QED) is 0.678. The average molecular weight is 312 g/mol. The van der Waals surface area contributed by atoms with E-state index in [0.717, 1.165) is 28.5 Å². The second kappa shape index (κ2) is 5.54. The van der Waals surface area contributed by atoms with Gasteiger partial charge in [0.2, 0.25) is 0 Å². The van der Waals surface area contributed by atoms with Gasteiger partial charge in [0.05, 0.1) is 5.52 Å². The number of fused-ring (bicyclic) bond motifs is 1. The number of rotatable bonds is 3. The summed E-state index contributed by atoms with van der Waals surface area (Å²) in [4.78, 5) is 4.70. The van der Waals surface area contributed by atoms with E-state index in [0.29, 0.717) is 0 Å². The average Bonchev–Trinajstić information content (AvgIpc) is 2.45. The largest absolute Gasteiger partial charge is 0.253 e. The van der Waals surface area contributed by atoms with Crippen LogP contribution in [0.5, 0.6) is 0 Å². The predicted octanol–water partition coefficient (Wildman–Crippen LogP) is 4.78. The zero-order valence-corrected chi connectivity index (χ0v) is 12.1. The lowest BCUT2D eigenvalue weighted by Gasteiger charge is -2.04. The van der Waals surface area contributed by atoms with Crippen LogP contribution < -0.4 is 0 Å². The normalized spacial score (nSPS) is 10.8. The minimum absolute atomic E-state index is 0.973. The second-order valence-electron chi connectivity index (χ2n) is 4.63. The van der Waals surface area contributed by atoms with Crippen molar-refractivity contribution in [3.05, 3.63) is 76.4 Å². The molecule has 0 aliphatic carbocycles. The third kappa shape index (κ3) is 3.02. The molecule has 19 heavy (non-hydrogen) atoms. The van der Waals surface area contributed by atoms with Crippen LogP contribution >= 0.6 is 15.9 Å². The van der Waals surface area contributed by atoms with Gasteiger partial charge in [-0.15, -0.1) is 0 Å². The Kier molecular flexibility index (Phi) is 3.60. The summed E-state index contributed by atoms with van der Waals surface area (Å²) in [5, 5.41) is 1.20. The molecule has 0 aliphatic heterocycles. The fourth-order valence-electron chi connectivity index (χ4n) is 2.21. The van der Waals surface area contributed by atoms with E-state index in [4.69, 9.17) is 4.98 Å². The van der Waals surface area contributed by atoms with Crippen molar-refractivity contribution in [1.82, 2.24) is 4.98 Å². The van der Waals surface area contributed by atoms with Crippen LogP contribution in [0, 0.1) is 0 Å². The van der Waals surface area contributed by atoms with Crippen LogP contribution in [0.3, 0.4) is 0 Å². The van der Waals surface area contributed by atoms with Crippen molar-refractivity contribution in [2.45, 2.75) is 12.8 Å². The molecular weight excluding hydrogens is 298 g/mol. The lowest BCUT2D eigenvalue weighted by molar-refractivity contribution is 0.922. The van der Waals surface area contributed by atoms with Gasteiger partial charge >= 0.3 is 0 Å². The van der Waals surface area contributed by atoms with Gasteiger partial charge in [-0.05, 0) is 42.7 Å². The first kappa shape index (κ1) is 12.4. The van der Waals surface area contributed by atoms with Gasteiger partial charge in [0.1, 0.15) is 0 Å². The molecule has 0 amide bonds. The summed E-state index contributed by atoms with van der Waals surface area (Å²) in [5.74, 6) is 0. The second-order valence-corrected chi connectivity index (χ2v) is 5.54. The summed E-state index contributed by atoms with van der Waals surface area (Å²) in [6, 6.07) is 21.0. The molecule has 1 nitrogen and oxygen atoms in total. The first-order valence-electron chi connectivity index (χ1n) is 6.40. The number of hydrogen-bond acceptors (Lipinski definition) is 1. The van der Waals surface area contributed by atoms with Crippen molar-refractivity contribution in [1.29, 1.82) is 0 Å². The Labute approximate surface area is 121 Å². The Hall–Kier alpha value is -1.67. The number of hydrogen-bond donors (Lipinski definition) is 0. The first-order valence-corrected chi connectivity index (χ1v) is 7.20. The standard InChI is InChI=1S/C17H14BrN/c18-15-6-3-4-13(12-15)8-10-16-11-9-14-5-1-2-7-17(14)19-16/h1-7,9,11-12H,8,10H2. The van der Waals surface area contributed by atoms with Crippen LogP contribution in [0.25, 0.3) is 10.9 Å². The third-order valence-corrected chi connectivity index (χ3v) is 3.71. The molecular formula is C17H14BrN. The molecule has 0 saturated heterocycles. The van der Waals surface area contributed by atoms with Crippen LogP contribution in [-0.2, 0) is 12.8 Å². The van der Waals surface area contributed by atoms with Gasteiger partial charge in [0.25, 0.3) is 0 Å². The summed E-state index contributed by atoms with van der Waals surface area (Å²) in [7, 11) is 0. The molecule has 0 radical (unpaired) electrons. The van der Waals surface area contributed by atoms with Gasteiger partial charge in [0, 0.05) is 15.6 Å². The predicted molar refractivity (Wildman–Crippen MR) is 83.3 cm³/mol. The number of halogens is 1. The molecule has 0 unspecified atom stereocenters. The molecule has 2 heteroatoms. The lowest BCUT2D eigenvalue weighted by Crippen LogP contribution is -1.94. The summed E-state index contributed by atoms with van der Waals surface area (Å²) in [6.45, 7) is 0. The summed E-state index contributed by atoms with van der Waals surface area (Å²) in [5.41, 5.74) is 3.57. The number of aryl methyl sites for hydroxylation is 2. The minimum Gasteiger partial charge on any atom is -0.253 e. The molecule has 0 aliphatic rings. The molecule has 1 aromatic heterocycles. The van der Waals surface area contributed by atoms with E-state index in [1.165, 1.54) is 10.9 Å². The fraction of sp³-hybridized carbons (Fsp3) is 0.118. The van der Waals surface area contributed by atoms with E-state index in [-0.39, 0.29) is 0 Å². The van der Waals surface area contributed by atoms with E-state index < -0.39 is 0 Å². The molecule has 3 rings (SSSR count). The smallest absolute Gasteiger partial charge is 0.0705 e. The molecule has 3 aromatic rings. The van der Waals surface area contributed by atoms with Crippen molar-refractivity contribution in [3.63, 3.8) is 0 Å². The highest BCUT2D eigenvalue weighted by Gasteiger charge is 2.00. The van der Waals surface area contributed by atoms with Crippen LogP contribution in [0.4, 0.5) is 0 Å². The molecule has 0 saturated carbocycles. The Balaban J connectivity index is 1.78. The maximum Gasteiger partial charge on any atom is 0.0705 e. The number of nitrogens with zero attached hydrogens (tertiary/aromatic N) is 1. The van der Waals surface area contributed by atoms with Gasteiger partial charge in [-0.3, -0.25) is 4.98 Å². The van der Waals surface area contributed by atoms with E-state index in [1.54, 1.807) is 0 Å². The zero-order chi connectivity index (χ0) is 13.1. The molecule has 0 fully saturated rings. The summed E-state index contributed by atoms with van der Waals surface area (Å²) >= 11 is 3.51. The van der Waals surface area contributed by atoms with E-state index in [1.807, 2.05) is 12.1 Å². The van der Waals surface area contributed by atoms with Gasteiger partial charge in [-0.1, -0.05) is 52.3 Å². The molecule has 2 aromatic carbocycles. The van der Waals surface area contributed by atoms with Crippen LogP contribution in [0.1, 0.15) is 11.3 Å². The van der Waals surface area contributed by atoms with Crippen molar-refractivity contribution in [2.75, 3.05) is 0 Å². The number of aromatic nitrogens is 1. The molecule has 0 N–H and O–H groups in total. The van der Waals surface area contributed by atoms with Gasteiger partial charge in [-0.25, -0.2) is 0 Å². The Morgan fingerprint density at radius 1 is 0.842 bits per heavy atom. The third-order valence-electron chi connectivity index (χ3n) is 3.21. The van der Waals surface area contributed by atoms with Crippen molar-refractivity contribution >= 4 is 26.8 Å². The summed E-state index contributed by atoms with van der Waals surface area (Å²) < 4.78 is 1.14. The van der Waals surface area contributed by atoms with Crippen molar-refractivity contribution in [2.24, 2.45) is 0 Å². The summed E-state index contributed by atoms with van der Waals surface area (Å²) in [6.07, 6.45) is 1.99. The monoisotopic (exact) mass is 311 g/mol. The number of para-hydroxylation sites is 1. The first-order chi connectivity index (χ1) is 9.31. The van der Waals surface area contributed by atoms with Crippen LogP contribution in [0.2, 0.25) is 0 Å². The zero-order valence-electron chi connectivity index (χ0n) is 10.5. The van der Waals surface area contributed by atoms with E-state index >= 15 is 0 Å². The molecule has 1 heterocycles. The highest BCUT2D eigenvalue weighted by molar-refractivity contribution is 9.10. The van der Waals surface area contributed by atoms with Gasteiger partial charge in [0.15, 0.2) is 0 Å². The maximum atomic E-state index is 4.70. The maximum absolute atomic E-state index is 4.70.